The van der Waals surface area contributed by atoms with Gasteiger partial charge in [0.25, 0.3) is 0 Å². The van der Waals surface area contributed by atoms with E-state index < -0.39 is 0 Å². The lowest BCUT2D eigenvalue weighted by atomic mass is 10.3. The molecule has 2 rings (SSSR count). The van der Waals surface area contributed by atoms with Gasteiger partial charge < -0.3 is 5.73 Å². The fourth-order valence-corrected chi connectivity index (χ4v) is 1.26. The van der Waals surface area contributed by atoms with E-state index in [1.807, 2.05) is 0 Å². The van der Waals surface area contributed by atoms with E-state index in [1.165, 1.54) is 0 Å². The van der Waals surface area contributed by atoms with Gasteiger partial charge in [-0.25, -0.2) is 0 Å². The highest BCUT2D eigenvalue weighted by atomic mass is 35.5. The highest BCUT2D eigenvalue weighted by Crippen LogP contribution is 2.37. The van der Waals surface area contributed by atoms with Crippen LogP contribution < -0.4 is 5.73 Å². The highest BCUT2D eigenvalue weighted by Gasteiger charge is 2.34. The van der Waals surface area contributed by atoms with Gasteiger partial charge >= 0.3 is 0 Å². The van der Waals surface area contributed by atoms with Crippen molar-refractivity contribution in [1.29, 1.82) is 10.7 Å². The molecule has 4 unspecified atom stereocenters. The Hall–Kier alpha value is -0.750. The number of hydrogen-bond acceptors (Lipinski definition) is 2. The summed E-state index contributed by atoms with van der Waals surface area (Å²) in [5, 5.41) is 15.0. The number of hydrogen-bond donors (Lipinski definition) is 2. The Balaban J connectivity index is 0.000000227. The average Bonchev–Trinajstić information content (AvgIpc) is 2.91. The quantitative estimate of drug-likeness (QED) is 0.520. The minimum atomic E-state index is 0. The van der Waals surface area contributed by atoms with Crippen molar-refractivity contribution in [1.82, 2.24) is 0 Å². The number of nitrogens with zero attached hydrogens (tertiary/aromatic N) is 1. The minimum absolute atomic E-state index is 0. The van der Waals surface area contributed by atoms with Gasteiger partial charge in [0.05, 0.1) is 11.9 Å². The van der Waals surface area contributed by atoms with Gasteiger partial charge in [-0.1, -0.05) is 13.8 Å². The zero-order valence-electron chi connectivity index (χ0n) is 8.66. The lowest BCUT2D eigenvalue weighted by molar-refractivity contribution is 0.908. The molecule has 2 aliphatic rings. The van der Waals surface area contributed by atoms with Crippen LogP contribution in [0.1, 0.15) is 26.7 Å². The van der Waals surface area contributed by atoms with Crippen LogP contribution in [-0.4, -0.2) is 5.84 Å². The molecule has 2 saturated carbocycles. The largest absolute Gasteiger partial charge is 0.387 e. The van der Waals surface area contributed by atoms with Crippen LogP contribution >= 0.6 is 12.4 Å². The smallest absolute Gasteiger partial charge is 0.0939 e. The maximum Gasteiger partial charge on any atom is 0.0939 e. The lowest BCUT2D eigenvalue weighted by Crippen LogP contribution is -2.12. The van der Waals surface area contributed by atoms with Crippen molar-refractivity contribution < 1.29 is 0 Å². The molecule has 0 heterocycles. The first-order chi connectivity index (χ1) is 6.06. The van der Waals surface area contributed by atoms with Crippen molar-refractivity contribution >= 4 is 18.2 Å². The molecule has 0 bridgehead atoms. The second-order valence-corrected chi connectivity index (χ2v) is 4.22. The Kier molecular flexibility index (Phi) is 4.93. The number of halogens is 1. The first-order valence-corrected chi connectivity index (χ1v) is 4.79. The molecule has 3 nitrogen and oxygen atoms in total. The zero-order chi connectivity index (χ0) is 10.0. The standard InChI is InChI=1S/C5H10N2.C5H7N.ClH/c1-3-2-4(3)5(6)7;1-4-2-5(4)3-6;/h3-4H,2H2,1H3,(H3,6,7);4-5H,2H2,1H3;1H. The molecule has 0 aromatic carbocycles. The summed E-state index contributed by atoms with van der Waals surface area (Å²) in [4.78, 5) is 0. The summed E-state index contributed by atoms with van der Waals surface area (Å²) in [6.45, 7) is 4.22. The first-order valence-electron chi connectivity index (χ1n) is 4.79. The van der Waals surface area contributed by atoms with E-state index in [4.69, 9.17) is 16.4 Å². The number of nitrogens with two attached hydrogens (primary N) is 1. The SMILES string of the molecule is CC1CC1C#N.CC1CC1C(=N)N.Cl. The van der Waals surface area contributed by atoms with Crippen LogP contribution in [0.2, 0.25) is 0 Å². The van der Waals surface area contributed by atoms with Crippen LogP contribution in [0.15, 0.2) is 0 Å². The number of nitrogens with one attached hydrogen (secondary N) is 1. The predicted molar refractivity (Wildman–Crippen MR) is 59.3 cm³/mol. The van der Waals surface area contributed by atoms with Crippen LogP contribution in [0.25, 0.3) is 0 Å². The summed E-state index contributed by atoms with van der Waals surface area (Å²) in [5.41, 5.74) is 5.17. The molecule has 0 aromatic rings. The van der Waals surface area contributed by atoms with Crippen LogP contribution in [0.3, 0.4) is 0 Å². The molecule has 80 valence electrons. The fraction of sp³-hybridized carbons (Fsp3) is 0.800. The molecular weight excluding hydrogens is 198 g/mol. The summed E-state index contributed by atoms with van der Waals surface area (Å²) in [5.74, 6) is 2.60. The number of amidine groups is 1. The highest BCUT2D eigenvalue weighted by molar-refractivity contribution is 5.85. The Morgan fingerprint density at radius 2 is 1.79 bits per heavy atom. The second kappa shape index (κ2) is 5.21. The van der Waals surface area contributed by atoms with E-state index >= 15 is 0 Å². The second-order valence-electron chi connectivity index (χ2n) is 4.22. The fourth-order valence-electron chi connectivity index (χ4n) is 1.26. The molecule has 0 radical (unpaired) electrons. The van der Waals surface area contributed by atoms with E-state index in [0.29, 0.717) is 29.5 Å². The summed E-state index contributed by atoms with van der Waals surface area (Å²) < 4.78 is 0. The molecule has 4 atom stereocenters. The van der Waals surface area contributed by atoms with E-state index in [0.717, 1.165) is 12.8 Å². The van der Waals surface area contributed by atoms with Crippen molar-refractivity contribution in [2.45, 2.75) is 26.7 Å². The molecule has 0 aromatic heterocycles. The monoisotopic (exact) mass is 215 g/mol. The van der Waals surface area contributed by atoms with Crippen molar-refractivity contribution in [3.8, 4) is 6.07 Å². The maximum absolute atomic E-state index is 8.13. The first kappa shape index (κ1) is 13.2. The molecule has 4 heteroatoms. The van der Waals surface area contributed by atoms with Gasteiger partial charge in [-0.05, 0) is 24.7 Å². The molecule has 0 spiro atoms. The molecule has 3 N–H and O–H groups in total. The van der Waals surface area contributed by atoms with Gasteiger partial charge in [-0.2, -0.15) is 5.26 Å². The third-order valence-corrected chi connectivity index (χ3v) is 2.78. The molecule has 2 fully saturated rings. The molecule has 0 aliphatic heterocycles. The van der Waals surface area contributed by atoms with Gasteiger partial charge in [0.2, 0.25) is 0 Å². The van der Waals surface area contributed by atoms with Crippen molar-refractivity contribution in [2.75, 3.05) is 0 Å². The normalized spacial score (nSPS) is 36.6. The third kappa shape index (κ3) is 3.97. The van der Waals surface area contributed by atoms with E-state index in [-0.39, 0.29) is 12.4 Å². The Morgan fingerprint density at radius 1 is 1.36 bits per heavy atom. The Labute approximate surface area is 91.6 Å². The summed E-state index contributed by atoms with van der Waals surface area (Å²) >= 11 is 0. The van der Waals surface area contributed by atoms with Crippen molar-refractivity contribution in [3.05, 3.63) is 0 Å². The van der Waals surface area contributed by atoms with Gasteiger partial charge in [0.1, 0.15) is 0 Å². The predicted octanol–water partition coefficient (Wildman–Crippen LogP) is 2.17. The van der Waals surface area contributed by atoms with Crippen LogP contribution in [0.4, 0.5) is 0 Å². The molecule has 14 heavy (non-hydrogen) atoms. The molecule has 0 saturated heterocycles. The van der Waals surface area contributed by atoms with E-state index in [9.17, 15) is 0 Å². The van der Waals surface area contributed by atoms with E-state index in [2.05, 4.69) is 19.9 Å². The summed E-state index contributed by atoms with van der Waals surface area (Å²) in [6, 6.07) is 2.19. The average molecular weight is 216 g/mol. The molecule has 0 amide bonds. The van der Waals surface area contributed by atoms with E-state index in [1.54, 1.807) is 0 Å². The molecule has 2 aliphatic carbocycles. The number of nitriles is 1. The maximum atomic E-state index is 8.13. The van der Waals surface area contributed by atoms with Crippen LogP contribution in [-0.2, 0) is 0 Å². The third-order valence-electron chi connectivity index (χ3n) is 2.78. The van der Waals surface area contributed by atoms with Crippen molar-refractivity contribution in [3.63, 3.8) is 0 Å². The Morgan fingerprint density at radius 3 is 1.79 bits per heavy atom. The van der Waals surface area contributed by atoms with Crippen LogP contribution in [0, 0.1) is 40.4 Å². The van der Waals surface area contributed by atoms with Crippen molar-refractivity contribution in [2.24, 2.45) is 29.4 Å². The number of rotatable bonds is 1. The van der Waals surface area contributed by atoms with Crippen LogP contribution in [0.5, 0.6) is 0 Å². The molecular formula is C10H18ClN3. The summed E-state index contributed by atoms with van der Waals surface area (Å²) in [6.07, 6.45) is 2.27. The zero-order valence-corrected chi connectivity index (χ0v) is 9.47. The minimum Gasteiger partial charge on any atom is -0.387 e. The van der Waals surface area contributed by atoms with Gasteiger partial charge in [-0.15, -0.1) is 12.4 Å². The van der Waals surface area contributed by atoms with Gasteiger partial charge in [0, 0.05) is 11.8 Å². The van der Waals surface area contributed by atoms with Gasteiger partial charge in [-0.3, -0.25) is 5.41 Å². The lowest BCUT2D eigenvalue weighted by Gasteiger charge is -1.86. The Bertz CT molecular complexity index is 246. The summed E-state index contributed by atoms with van der Waals surface area (Å²) in [7, 11) is 0. The topological polar surface area (TPSA) is 73.7 Å². The van der Waals surface area contributed by atoms with Gasteiger partial charge in [0.15, 0.2) is 0 Å².